The maximum atomic E-state index is 9.15. The van der Waals surface area contributed by atoms with Crippen molar-refractivity contribution in [3.05, 3.63) is 36.3 Å². The summed E-state index contributed by atoms with van der Waals surface area (Å²) < 4.78 is 5.29. The Morgan fingerprint density at radius 2 is 1.81 bits per heavy atom. The number of benzene rings is 1. The van der Waals surface area contributed by atoms with E-state index in [4.69, 9.17) is 20.4 Å². The molecule has 0 fully saturated rings. The van der Waals surface area contributed by atoms with Crippen molar-refractivity contribution in [2.75, 3.05) is 36.9 Å². The Morgan fingerprint density at radius 3 is 2.43 bits per heavy atom. The summed E-state index contributed by atoms with van der Waals surface area (Å²) in [5, 5.41) is 18.3. The van der Waals surface area contributed by atoms with Crippen molar-refractivity contribution in [2.24, 2.45) is 0 Å². The monoisotopic (exact) mass is 290 g/mol. The summed E-state index contributed by atoms with van der Waals surface area (Å²) in [6.07, 6.45) is 4.31. The molecule has 1 aromatic carbocycles. The molecule has 0 saturated carbocycles. The SMILES string of the molecule is CCc1cocc1-c1cc(N(CCO)CCO)ccc1N. The first kappa shape index (κ1) is 15.4. The number of furan rings is 1. The van der Waals surface area contributed by atoms with Crippen LogP contribution in [0, 0.1) is 0 Å². The third-order valence-electron chi connectivity index (χ3n) is 3.56. The van der Waals surface area contributed by atoms with E-state index in [1.54, 1.807) is 12.5 Å². The molecule has 0 aliphatic carbocycles. The number of nitrogen functional groups attached to an aromatic ring is 1. The molecule has 5 nitrogen and oxygen atoms in total. The molecule has 2 rings (SSSR count). The predicted molar refractivity (Wildman–Crippen MR) is 84.3 cm³/mol. The normalized spacial score (nSPS) is 10.8. The van der Waals surface area contributed by atoms with Gasteiger partial charge in [0.15, 0.2) is 0 Å². The van der Waals surface area contributed by atoms with Gasteiger partial charge in [-0.05, 0) is 30.2 Å². The second-order valence-corrected chi connectivity index (χ2v) is 4.87. The molecule has 0 atom stereocenters. The molecule has 0 radical (unpaired) electrons. The van der Waals surface area contributed by atoms with Gasteiger partial charge in [-0.2, -0.15) is 0 Å². The van der Waals surface area contributed by atoms with Gasteiger partial charge in [-0.3, -0.25) is 0 Å². The maximum absolute atomic E-state index is 9.15. The number of aliphatic hydroxyl groups is 2. The van der Waals surface area contributed by atoms with Crippen LogP contribution < -0.4 is 10.6 Å². The topological polar surface area (TPSA) is 82.9 Å². The highest BCUT2D eigenvalue weighted by molar-refractivity contribution is 5.81. The minimum atomic E-state index is 0.0334. The van der Waals surface area contributed by atoms with Crippen LogP contribution in [0.2, 0.25) is 0 Å². The summed E-state index contributed by atoms with van der Waals surface area (Å²) in [4.78, 5) is 1.93. The number of aryl methyl sites for hydroxylation is 1. The van der Waals surface area contributed by atoms with Crippen LogP contribution >= 0.6 is 0 Å². The fraction of sp³-hybridized carbons (Fsp3) is 0.375. The van der Waals surface area contributed by atoms with Gasteiger partial charge in [0.2, 0.25) is 0 Å². The Hall–Kier alpha value is -1.98. The molecule has 1 aromatic heterocycles. The molecule has 0 saturated heterocycles. The van der Waals surface area contributed by atoms with Crippen LogP contribution in [-0.4, -0.2) is 36.5 Å². The van der Waals surface area contributed by atoms with Gasteiger partial charge in [-0.1, -0.05) is 6.92 Å². The Bertz CT molecular complexity index is 575. The second-order valence-electron chi connectivity index (χ2n) is 4.87. The quantitative estimate of drug-likeness (QED) is 0.678. The van der Waals surface area contributed by atoms with Crippen molar-refractivity contribution in [3.63, 3.8) is 0 Å². The standard InChI is InChI=1S/C16H22N2O3/c1-2-12-10-21-11-15(12)14-9-13(3-4-16(14)17)18(5-7-19)6-8-20/h3-4,9-11,19-20H,2,5-8,17H2,1H3. The smallest absolute Gasteiger partial charge is 0.0984 e. The highest BCUT2D eigenvalue weighted by Crippen LogP contribution is 2.33. The van der Waals surface area contributed by atoms with Gasteiger partial charge in [0.05, 0.1) is 25.7 Å². The van der Waals surface area contributed by atoms with E-state index >= 15 is 0 Å². The van der Waals surface area contributed by atoms with E-state index in [0.717, 1.165) is 28.8 Å². The van der Waals surface area contributed by atoms with Crippen molar-refractivity contribution < 1.29 is 14.6 Å². The van der Waals surface area contributed by atoms with E-state index in [1.165, 1.54) is 0 Å². The zero-order valence-corrected chi connectivity index (χ0v) is 12.2. The first-order valence-electron chi connectivity index (χ1n) is 7.12. The minimum absolute atomic E-state index is 0.0334. The molecular weight excluding hydrogens is 268 g/mol. The maximum Gasteiger partial charge on any atom is 0.0984 e. The van der Waals surface area contributed by atoms with Crippen molar-refractivity contribution in [1.29, 1.82) is 0 Å². The number of anilines is 2. The number of nitrogens with two attached hydrogens (primary N) is 1. The Balaban J connectivity index is 2.41. The van der Waals surface area contributed by atoms with Gasteiger partial charge in [0.25, 0.3) is 0 Å². The Kier molecular flexibility index (Phi) is 5.25. The summed E-state index contributed by atoms with van der Waals surface area (Å²) in [7, 11) is 0. The van der Waals surface area contributed by atoms with E-state index in [0.29, 0.717) is 18.8 Å². The number of rotatable bonds is 7. The molecule has 5 heteroatoms. The third-order valence-corrected chi connectivity index (χ3v) is 3.56. The van der Waals surface area contributed by atoms with E-state index in [-0.39, 0.29) is 13.2 Å². The molecule has 2 aromatic rings. The second kappa shape index (κ2) is 7.15. The zero-order valence-electron chi connectivity index (χ0n) is 12.2. The largest absolute Gasteiger partial charge is 0.472 e. The van der Waals surface area contributed by atoms with E-state index in [9.17, 15) is 0 Å². The number of nitrogens with zero attached hydrogens (tertiary/aromatic N) is 1. The van der Waals surface area contributed by atoms with E-state index < -0.39 is 0 Å². The lowest BCUT2D eigenvalue weighted by atomic mass is 10.0. The van der Waals surface area contributed by atoms with Crippen LogP contribution in [-0.2, 0) is 6.42 Å². The lowest BCUT2D eigenvalue weighted by molar-refractivity contribution is 0.281. The summed E-state index contributed by atoms with van der Waals surface area (Å²) >= 11 is 0. The lowest BCUT2D eigenvalue weighted by Gasteiger charge is -2.24. The first-order chi connectivity index (χ1) is 10.2. The van der Waals surface area contributed by atoms with Crippen LogP contribution in [0.1, 0.15) is 12.5 Å². The number of hydrogen-bond donors (Lipinski definition) is 3. The predicted octanol–water partition coefficient (Wildman–Crippen LogP) is 1.88. The van der Waals surface area contributed by atoms with Crippen LogP contribution in [0.15, 0.2) is 35.1 Å². The highest BCUT2D eigenvalue weighted by atomic mass is 16.3. The molecular formula is C16H22N2O3. The van der Waals surface area contributed by atoms with Crippen molar-refractivity contribution in [2.45, 2.75) is 13.3 Å². The molecule has 0 amide bonds. The van der Waals surface area contributed by atoms with Crippen molar-refractivity contribution in [3.8, 4) is 11.1 Å². The molecule has 0 unspecified atom stereocenters. The average molecular weight is 290 g/mol. The fourth-order valence-electron chi connectivity index (χ4n) is 2.42. The van der Waals surface area contributed by atoms with Gasteiger partial charge >= 0.3 is 0 Å². The third kappa shape index (κ3) is 3.37. The summed E-state index contributed by atoms with van der Waals surface area (Å²) in [5.74, 6) is 0. The van der Waals surface area contributed by atoms with Crippen LogP contribution in [0.3, 0.4) is 0 Å². The van der Waals surface area contributed by atoms with Gasteiger partial charge in [0, 0.05) is 35.6 Å². The van der Waals surface area contributed by atoms with Gasteiger partial charge < -0.3 is 25.3 Å². The molecule has 4 N–H and O–H groups in total. The number of hydrogen-bond acceptors (Lipinski definition) is 5. The molecule has 114 valence electrons. The highest BCUT2D eigenvalue weighted by Gasteiger charge is 2.13. The van der Waals surface area contributed by atoms with Crippen molar-refractivity contribution in [1.82, 2.24) is 0 Å². The van der Waals surface area contributed by atoms with Gasteiger partial charge in [0.1, 0.15) is 0 Å². The molecule has 0 aliphatic heterocycles. The fourth-order valence-corrected chi connectivity index (χ4v) is 2.42. The summed E-state index contributed by atoms with van der Waals surface area (Å²) in [6.45, 7) is 3.07. The van der Waals surface area contributed by atoms with Crippen LogP contribution in [0.25, 0.3) is 11.1 Å². The Labute approximate surface area is 124 Å². The zero-order chi connectivity index (χ0) is 15.2. The molecule has 1 heterocycles. The van der Waals surface area contributed by atoms with Crippen LogP contribution in [0.4, 0.5) is 11.4 Å². The first-order valence-corrected chi connectivity index (χ1v) is 7.12. The molecule has 21 heavy (non-hydrogen) atoms. The Morgan fingerprint density at radius 1 is 1.10 bits per heavy atom. The van der Waals surface area contributed by atoms with Gasteiger partial charge in [-0.25, -0.2) is 0 Å². The van der Waals surface area contributed by atoms with E-state index in [2.05, 4.69) is 6.92 Å². The lowest BCUT2D eigenvalue weighted by Crippen LogP contribution is -2.29. The molecule has 0 bridgehead atoms. The summed E-state index contributed by atoms with van der Waals surface area (Å²) in [6, 6.07) is 5.72. The molecule has 0 spiro atoms. The van der Waals surface area contributed by atoms with E-state index in [1.807, 2.05) is 23.1 Å². The number of aliphatic hydroxyl groups excluding tert-OH is 2. The van der Waals surface area contributed by atoms with Crippen LogP contribution in [0.5, 0.6) is 0 Å². The van der Waals surface area contributed by atoms with Gasteiger partial charge in [-0.15, -0.1) is 0 Å². The average Bonchev–Trinajstić information content (AvgIpc) is 2.96. The molecule has 0 aliphatic rings. The van der Waals surface area contributed by atoms with Crippen molar-refractivity contribution >= 4 is 11.4 Å². The minimum Gasteiger partial charge on any atom is -0.472 e. The summed E-state index contributed by atoms with van der Waals surface area (Å²) in [5.41, 5.74) is 10.7.